The highest BCUT2D eigenvalue weighted by molar-refractivity contribution is 6.36. The van der Waals surface area contributed by atoms with Crippen molar-refractivity contribution in [2.24, 2.45) is 17.8 Å². The van der Waals surface area contributed by atoms with Crippen molar-refractivity contribution in [3.63, 3.8) is 0 Å². The van der Waals surface area contributed by atoms with Crippen LogP contribution in [0.1, 0.15) is 36.1 Å². The van der Waals surface area contributed by atoms with Gasteiger partial charge in [0.05, 0.1) is 24.6 Å². The number of nitrogens with one attached hydrogen (secondary N) is 1. The molecule has 1 aliphatic heterocycles. The van der Waals surface area contributed by atoms with Gasteiger partial charge in [0, 0.05) is 0 Å². The summed E-state index contributed by atoms with van der Waals surface area (Å²) in [5.74, 6) is -3.29. The highest BCUT2D eigenvalue weighted by atomic mass is 35.5. The molecule has 0 radical (unpaired) electrons. The van der Waals surface area contributed by atoms with Gasteiger partial charge in [0.1, 0.15) is 21.5 Å². The number of likely N-dealkylation sites (tertiary alicyclic amines) is 1. The van der Waals surface area contributed by atoms with Crippen LogP contribution in [-0.2, 0) is 24.1 Å². The lowest BCUT2D eigenvalue weighted by atomic mass is 9.54. The first-order valence-electron chi connectivity index (χ1n) is 12.6. The maximum Gasteiger partial charge on any atom is 0.248 e. The number of imide groups is 1. The van der Waals surface area contributed by atoms with Gasteiger partial charge in [0.25, 0.3) is 0 Å². The first kappa shape index (κ1) is 25.0. The zero-order valence-corrected chi connectivity index (χ0v) is 22.6. The molecule has 1 saturated heterocycles. The fraction of sp³-hybridized carbons (Fsp3) is 0.300. The minimum Gasteiger partial charge on any atom is -0.495 e. The molecule has 3 aromatic rings. The van der Waals surface area contributed by atoms with Gasteiger partial charge in [0.2, 0.25) is 17.7 Å². The van der Waals surface area contributed by atoms with Crippen molar-refractivity contribution in [2.45, 2.75) is 29.6 Å². The number of carbonyl (C=O) groups is 3. The van der Waals surface area contributed by atoms with Crippen molar-refractivity contribution in [1.29, 1.82) is 0 Å². The number of amides is 3. The van der Waals surface area contributed by atoms with Crippen LogP contribution in [0.15, 0.2) is 72.8 Å². The van der Waals surface area contributed by atoms with E-state index in [1.807, 2.05) is 48.5 Å². The summed E-state index contributed by atoms with van der Waals surface area (Å²) in [6.45, 7) is 3.61. The molecular formula is C30H26Cl2N2O4. The number of anilines is 1. The van der Waals surface area contributed by atoms with Crippen molar-refractivity contribution < 1.29 is 19.1 Å². The number of para-hydroxylation sites is 2. The number of ether oxygens (including phenoxy) is 1. The van der Waals surface area contributed by atoms with Crippen LogP contribution in [0, 0.1) is 17.8 Å². The Morgan fingerprint density at radius 2 is 1.24 bits per heavy atom. The second kappa shape index (κ2) is 8.58. The average Bonchev–Trinajstić information content (AvgIpc) is 3.18. The third kappa shape index (κ3) is 3.04. The molecule has 3 aliphatic carbocycles. The fourth-order valence-corrected chi connectivity index (χ4v) is 7.73. The van der Waals surface area contributed by atoms with E-state index in [2.05, 4.69) is 5.32 Å². The Bertz CT molecular complexity index is 1380. The number of carbonyl (C=O) groups excluding carboxylic acids is 3. The first-order valence-corrected chi connectivity index (χ1v) is 13.3. The van der Waals surface area contributed by atoms with Gasteiger partial charge in [-0.05, 0) is 40.3 Å². The predicted molar refractivity (Wildman–Crippen MR) is 145 cm³/mol. The van der Waals surface area contributed by atoms with Crippen LogP contribution >= 0.6 is 23.2 Å². The van der Waals surface area contributed by atoms with E-state index < -0.39 is 45.3 Å². The van der Waals surface area contributed by atoms with Crippen LogP contribution in [-0.4, -0.2) is 35.8 Å². The summed E-state index contributed by atoms with van der Waals surface area (Å²) < 4.78 is 5.37. The molecule has 6 nitrogen and oxygen atoms in total. The third-order valence-electron chi connectivity index (χ3n) is 8.16. The molecule has 1 fully saturated rings. The lowest BCUT2D eigenvalue weighted by Crippen LogP contribution is -2.57. The number of hydrogen-bond acceptors (Lipinski definition) is 4. The molecule has 2 bridgehead atoms. The molecule has 0 saturated carbocycles. The molecule has 194 valence electrons. The Balaban J connectivity index is 1.48. The number of hydrogen-bond donors (Lipinski definition) is 1. The summed E-state index contributed by atoms with van der Waals surface area (Å²) in [6, 6.07) is 20.9. The summed E-state index contributed by atoms with van der Waals surface area (Å²) in [5, 5.41) is 2.86. The summed E-state index contributed by atoms with van der Waals surface area (Å²) >= 11 is 15.0. The van der Waals surface area contributed by atoms with Gasteiger partial charge in [-0.15, -0.1) is 23.2 Å². The van der Waals surface area contributed by atoms with Crippen molar-refractivity contribution in [3.05, 3.63) is 95.1 Å². The van der Waals surface area contributed by atoms with Crippen LogP contribution in [0.3, 0.4) is 0 Å². The summed E-state index contributed by atoms with van der Waals surface area (Å²) in [6.07, 6.45) is 0. The molecule has 38 heavy (non-hydrogen) atoms. The largest absolute Gasteiger partial charge is 0.495 e. The molecule has 0 spiro atoms. The molecule has 3 amide bonds. The van der Waals surface area contributed by atoms with Crippen LogP contribution in [0.25, 0.3) is 0 Å². The topological polar surface area (TPSA) is 75.7 Å². The van der Waals surface area contributed by atoms with Crippen molar-refractivity contribution in [1.82, 2.24) is 4.90 Å². The predicted octanol–water partition coefficient (Wildman–Crippen LogP) is 5.25. The zero-order chi connectivity index (χ0) is 27.0. The molecule has 4 aliphatic rings. The number of rotatable bonds is 5. The standard InChI is InChI=1S/C30H26Cl2N2O4/c1-16(2)25(26(35)33-21-14-8-9-15-22(21)38-3)34-27(36)23-24(28(34)37)30(32)18-11-5-4-10-17(18)29(23,31)19-12-6-7-13-20(19)30/h4-16,23-25H,1-3H3,(H,33,35)/t23-,24-,25-,29?,30?/m0/s1. The SMILES string of the molecule is COc1ccccc1NC(=O)[C@H](C(C)C)N1C(=O)[C@@H]2[C@@H](C1=O)C1(Cl)c3ccccc3C2(Cl)c2ccccc21. The van der Waals surface area contributed by atoms with E-state index in [0.717, 1.165) is 27.2 Å². The van der Waals surface area contributed by atoms with Gasteiger partial charge in [-0.25, -0.2) is 0 Å². The van der Waals surface area contributed by atoms with Gasteiger partial charge in [-0.3, -0.25) is 19.3 Å². The normalized spacial score (nSPS) is 27.6. The molecule has 0 unspecified atom stereocenters. The number of benzene rings is 3. The van der Waals surface area contributed by atoms with Gasteiger partial charge in [-0.2, -0.15) is 0 Å². The highest BCUT2D eigenvalue weighted by Gasteiger charge is 2.73. The monoisotopic (exact) mass is 548 g/mol. The molecule has 1 heterocycles. The summed E-state index contributed by atoms with van der Waals surface area (Å²) in [7, 11) is 1.51. The Morgan fingerprint density at radius 1 is 0.816 bits per heavy atom. The maximum absolute atomic E-state index is 14.3. The van der Waals surface area contributed by atoms with Gasteiger partial charge >= 0.3 is 0 Å². The van der Waals surface area contributed by atoms with E-state index in [1.54, 1.807) is 38.1 Å². The number of nitrogens with zero attached hydrogens (tertiary/aromatic N) is 1. The van der Waals surface area contributed by atoms with Crippen LogP contribution in [0.4, 0.5) is 5.69 Å². The lowest BCUT2D eigenvalue weighted by molar-refractivity contribution is -0.148. The van der Waals surface area contributed by atoms with Crippen molar-refractivity contribution in [2.75, 3.05) is 12.4 Å². The number of methoxy groups -OCH3 is 1. The van der Waals surface area contributed by atoms with Crippen molar-refractivity contribution in [3.8, 4) is 5.75 Å². The minimum absolute atomic E-state index is 0.377. The zero-order valence-electron chi connectivity index (χ0n) is 21.1. The van der Waals surface area contributed by atoms with Crippen LogP contribution in [0.2, 0.25) is 0 Å². The second-order valence-corrected chi connectivity index (χ2v) is 11.6. The summed E-state index contributed by atoms with van der Waals surface area (Å²) in [4.78, 5) is 40.8. The molecule has 7 rings (SSSR count). The molecule has 1 N–H and O–H groups in total. The first-order chi connectivity index (χ1) is 18.2. The van der Waals surface area contributed by atoms with E-state index in [0.29, 0.717) is 11.4 Å². The van der Waals surface area contributed by atoms with Crippen LogP contribution in [0.5, 0.6) is 5.75 Å². The summed E-state index contributed by atoms with van der Waals surface area (Å²) in [5.41, 5.74) is 3.33. The minimum atomic E-state index is -1.29. The van der Waals surface area contributed by atoms with E-state index in [-0.39, 0.29) is 5.92 Å². The fourth-order valence-electron chi connectivity index (χ4n) is 6.64. The number of alkyl halides is 2. The highest BCUT2D eigenvalue weighted by Crippen LogP contribution is 2.69. The Labute approximate surface area is 230 Å². The van der Waals surface area contributed by atoms with Crippen LogP contribution < -0.4 is 10.1 Å². The smallest absolute Gasteiger partial charge is 0.248 e. The average molecular weight is 549 g/mol. The lowest BCUT2D eigenvalue weighted by Gasteiger charge is -2.54. The van der Waals surface area contributed by atoms with E-state index >= 15 is 0 Å². The Hall–Kier alpha value is -3.35. The van der Waals surface area contributed by atoms with E-state index in [4.69, 9.17) is 27.9 Å². The van der Waals surface area contributed by atoms with Crippen molar-refractivity contribution >= 4 is 46.6 Å². The van der Waals surface area contributed by atoms with E-state index in [1.165, 1.54) is 7.11 Å². The molecule has 0 aromatic heterocycles. The quantitative estimate of drug-likeness (QED) is 0.349. The van der Waals surface area contributed by atoms with Gasteiger partial charge in [-0.1, -0.05) is 74.5 Å². The Kier molecular flexibility index (Phi) is 5.64. The van der Waals surface area contributed by atoms with Gasteiger partial charge in [0.15, 0.2) is 0 Å². The van der Waals surface area contributed by atoms with Gasteiger partial charge < -0.3 is 10.1 Å². The van der Waals surface area contributed by atoms with E-state index in [9.17, 15) is 14.4 Å². The number of halogens is 2. The molecular weight excluding hydrogens is 523 g/mol. The maximum atomic E-state index is 14.3. The molecule has 3 aromatic carbocycles. The molecule has 8 heteroatoms. The third-order valence-corrected chi connectivity index (χ3v) is 9.45. The molecule has 3 atom stereocenters. The Morgan fingerprint density at radius 3 is 1.66 bits per heavy atom. The second-order valence-electron chi connectivity index (χ2n) is 10.4.